The summed E-state index contributed by atoms with van der Waals surface area (Å²) >= 11 is 0. The molecule has 0 aromatic heterocycles. The normalized spacial score (nSPS) is 12.9. The maximum atomic E-state index is 12.5. The van der Waals surface area contributed by atoms with E-state index in [1.54, 1.807) is 6.07 Å². The standard InChI is InChI=1S/C22H28N4O6S/c1-13-7-6-8-20(14(13)2)32-16(4)22(29)25-24-21(28)15(3)26-33(30,31)19-11-9-18(10-12-19)23-17(5)27/h6-12,15-16,26H,1-5H3,(H,23,27)(H,24,28)(H,25,29)/t15-,16?/m0/s1. The molecule has 10 nitrogen and oxygen atoms in total. The van der Waals surface area contributed by atoms with Crippen LogP contribution in [0.2, 0.25) is 0 Å². The van der Waals surface area contributed by atoms with Crippen LogP contribution in [0.15, 0.2) is 47.4 Å². The summed E-state index contributed by atoms with van der Waals surface area (Å²) < 4.78 is 32.9. The maximum Gasteiger partial charge on any atom is 0.279 e. The van der Waals surface area contributed by atoms with Crippen LogP contribution in [-0.2, 0) is 24.4 Å². The number of hydrogen-bond acceptors (Lipinski definition) is 6. The first-order chi connectivity index (χ1) is 15.4. The molecular formula is C22H28N4O6S. The Bertz CT molecular complexity index is 1130. The molecule has 0 radical (unpaired) electrons. The van der Waals surface area contributed by atoms with Gasteiger partial charge in [0.15, 0.2) is 6.10 Å². The summed E-state index contributed by atoms with van der Waals surface area (Å²) in [5, 5.41) is 2.53. The summed E-state index contributed by atoms with van der Waals surface area (Å²) in [6.07, 6.45) is -0.903. The number of anilines is 1. The molecule has 4 N–H and O–H groups in total. The Hall–Kier alpha value is -3.44. The zero-order valence-corrected chi connectivity index (χ0v) is 19.9. The van der Waals surface area contributed by atoms with Crippen molar-refractivity contribution >= 4 is 33.4 Å². The van der Waals surface area contributed by atoms with Crippen LogP contribution >= 0.6 is 0 Å². The smallest absolute Gasteiger partial charge is 0.279 e. The van der Waals surface area contributed by atoms with E-state index in [1.807, 2.05) is 26.0 Å². The second-order valence-corrected chi connectivity index (χ2v) is 9.20. The summed E-state index contributed by atoms with van der Waals surface area (Å²) in [4.78, 5) is 35.5. The summed E-state index contributed by atoms with van der Waals surface area (Å²) in [5.41, 5.74) is 6.76. The SMILES string of the molecule is CC(=O)Nc1ccc(S(=O)(=O)N[C@@H](C)C(=O)NNC(=O)C(C)Oc2cccc(C)c2C)cc1. The fourth-order valence-electron chi connectivity index (χ4n) is 2.70. The van der Waals surface area contributed by atoms with Crippen LogP contribution in [0.4, 0.5) is 5.69 Å². The Morgan fingerprint density at radius 1 is 0.909 bits per heavy atom. The minimum absolute atomic E-state index is 0.0872. The fraction of sp³-hybridized carbons (Fsp3) is 0.318. The van der Waals surface area contributed by atoms with E-state index in [0.29, 0.717) is 11.4 Å². The van der Waals surface area contributed by atoms with E-state index in [2.05, 4.69) is 20.9 Å². The molecule has 0 saturated heterocycles. The molecule has 0 saturated carbocycles. The van der Waals surface area contributed by atoms with Crippen LogP contribution < -0.4 is 25.6 Å². The molecule has 0 heterocycles. The average molecular weight is 477 g/mol. The first-order valence-electron chi connectivity index (χ1n) is 10.1. The van der Waals surface area contributed by atoms with Crippen LogP contribution in [0.25, 0.3) is 0 Å². The van der Waals surface area contributed by atoms with Crippen LogP contribution in [0.5, 0.6) is 5.75 Å². The third kappa shape index (κ3) is 7.29. The lowest BCUT2D eigenvalue weighted by Gasteiger charge is -2.19. The number of hydrazine groups is 1. The van der Waals surface area contributed by atoms with Gasteiger partial charge in [-0.15, -0.1) is 0 Å². The van der Waals surface area contributed by atoms with Gasteiger partial charge in [0.1, 0.15) is 5.75 Å². The van der Waals surface area contributed by atoms with Crippen molar-refractivity contribution in [2.24, 2.45) is 0 Å². The van der Waals surface area contributed by atoms with Gasteiger partial charge in [0.05, 0.1) is 10.9 Å². The minimum atomic E-state index is -4.02. The molecule has 2 aromatic rings. The van der Waals surface area contributed by atoms with Gasteiger partial charge >= 0.3 is 0 Å². The highest BCUT2D eigenvalue weighted by Gasteiger charge is 2.23. The predicted octanol–water partition coefficient (Wildman–Crippen LogP) is 1.54. The van der Waals surface area contributed by atoms with Crippen LogP contribution in [0.1, 0.15) is 31.9 Å². The molecule has 0 aliphatic heterocycles. The van der Waals surface area contributed by atoms with E-state index in [0.717, 1.165) is 11.1 Å². The van der Waals surface area contributed by atoms with Crippen LogP contribution in [0.3, 0.4) is 0 Å². The van der Waals surface area contributed by atoms with Crippen molar-refractivity contribution in [3.8, 4) is 5.75 Å². The molecule has 2 aromatic carbocycles. The molecule has 0 bridgehead atoms. The number of carbonyl (C=O) groups excluding carboxylic acids is 3. The van der Waals surface area contributed by atoms with E-state index < -0.39 is 34.0 Å². The van der Waals surface area contributed by atoms with E-state index in [9.17, 15) is 22.8 Å². The van der Waals surface area contributed by atoms with Gasteiger partial charge in [-0.3, -0.25) is 25.2 Å². The number of hydrogen-bond donors (Lipinski definition) is 4. The van der Waals surface area contributed by atoms with E-state index in [4.69, 9.17) is 4.74 Å². The highest BCUT2D eigenvalue weighted by atomic mass is 32.2. The highest BCUT2D eigenvalue weighted by molar-refractivity contribution is 7.89. The maximum absolute atomic E-state index is 12.5. The molecule has 178 valence electrons. The molecule has 0 fully saturated rings. The number of aryl methyl sites for hydroxylation is 1. The van der Waals surface area contributed by atoms with Gasteiger partial charge < -0.3 is 10.1 Å². The molecule has 3 amide bonds. The van der Waals surface area contributed by atoms with Crippen LogP contribution in [-0.4, -0.2) is 38.3 Å². The number of rotatable bonds is 8. The zero-order valence-electron chi connectivity index (χ0n) is 19.1. The first-order valence-corrected chi connectivity index (χ1v) is 11.6. The largest absolute Gasteiger partial charge is 0.481 e. The highest BCUT2D eigenvalue weighted by Crippen LogP contribution is 2.21. The molecule has 0 spiro atoms. The number of benzene rings is 2. The molecule has 1 unspecified atom stereocenters. The predicted molar refractivity (Wildman–Crippen MR) is 123 cm³/mol. The van der Waals surface area contributed by atoms with E-state index in [-0.39, 0.29) is 10.8 Å². The monoisotopic (exact) mass is 476 g/mol. The number of amides is 3. The topological polar surface area (TPSA) is 143 Å². The number of sulfonamides is 1. The lowest BCUT2D eigenvalue weighted by Crippen LogP contribution is -2.53. The Labute approximate surface area is 193 Å². The summed E-state index contributed by atoms with van der Waals surface area (Å²) in [6, 6.07) is 9.75. The van der Waals surface area contributed by atoms with Crippen molar-refractivity contribution in [3.05, 3.63) is 53.6 Å². The average Bonchev–Trinajstić information content (AvgIpc) is 2.74. The molecule has 0 aliphatic carbocycles. The summed E-state index contributed by atoms with van der Waals surface area (Å²) in [7, 11) is -4.02. The Morgan fingerprint density at radius 2 is 1.52 bits per heavy atom. The number of ether oxygens (including phenoxy) is 1. The second kappa shape index (κ2) is 10.9. The Kier molecular flexibility index (Phi) is 8.55. The van der Waals surface area contributed by atoms with E-state index in [1.165, 1.54) is 45.0 Å². The van der Waals surface area contributed by atoms with Crippen LogP contribution in [0, 0.1) is 13.8 Å². The number of nitrogens with one attached hydrogen (secondary N) is 4. The van der Waals surface area contributed by atoms with Crippen molar-refractivity contribution in [3.63, 3.8) is 0 Å². The second-order valence-electron chi connectivity index (χ2n) is 7.49. The molecule has 0 aliphatic rings. The first kappa shape index (κ1) is 25.8. The molecule has 2 atom stereocenters. The van der Waals surface area contributed by atoms with Gasteiger partial charge in [-0.2, -0.15) is 4.72 Å². The van der Waals surface area contributed by atoms with Crippen molar-refractivity contribution < 1.29 is 27.5 Å². The quantitative estimate of drug-likeness (QED) is 0.426. The summed E-state index contributed by atoms with van der Waals surface area (Å²) in [6.45, 7) is 7.99. The van der Waals surface area contributed by atoms with Gasteiger partial charge in [0, 0.05) is 12.6 Å². The minimum Gasteiger partial charge on any atom is -0.481 e. The fourth-order valence-corrected chi connectivity index (χ4v) is 3.91. The van der Waals surface area contributed by atoms with Crippen molar-refractivity contribution in [2.45, 2.75) is 51.7 Å². The molecular weight excluding hydrogens is 448 g/mol. The molecule has 11 heteroatoms. The van der Waals surface area contributed by atoms with Crippen molar-refractivity contribution in [1.29, 1.82) is 0 Å². The zero-order chi connectivity index (χ0) is 24.8. The van der Waals surface area contributed by atoms with E-state index >= 15 is 0 Å². The number of carbonyl (C=O) groups is 3. The van der Waals surface area contributed by atoms with Crippen molar-refractivity contribution in [2.75, 3.05) is 5.32 Å². The third-order valence-corrected chi connectivity index (χ3v) is 6.30. The van der Waals surface area contributed by atoms with Gasteiger partial charge in [-0.25, -0.2) is 8.42 Å². The van der Waals surface area contributed by atoms with Gasteiger partial charge in [-0.05, 0) is 69.2 Å². The summed E-state index contributed by atoms with van der Waals surface area (Å²) in [5.74, 6) is -1.10. The lowest BCUT2D eigenvalue weighted by atomic mass is 10.1. The molecule has 2 rings (SSSR count). The van der Waals surface area contributed by atoms with Gasteiger partial charge in [0.25, 0.3) is 11.8 Å². The third-order valence-electron chi connectivity index (χ3n) is 4.75. The van der Waals surface area contributed by atoms with Gasteiger partial charge in [0.2, 0.25) is 15.9 Å². The lowest BCUT2D eigenvalue weighted by molar-refractivity contribution is -0.133. The Balaban J connectivity index is 1.90. The van der Waals surface area contributed by atoms with Gasteiger partial charge in [-0.1, -0.05) is 12.1 Å². The Morgan fingerprint density at radius 3 is 2.12 bits per heavy atom. The van der Waals surface area contributed by atoms with Crippen molar-refractivity contribution in [1.82, 2.24) is 15.6 Å². The molecule has 33 heavy (non-hydrogen) atoms.